The number of benzene rings is 3. The molecule has 0 bridgehead atoms. The van der Waals surface area contributed by atoms with Gasteiger partial charge in [-0.3, -0.25) is 14.4 Å². The first-order chi connectivity index (χ1) is 20.2. The van der Waals surface area contributed by atoms with Crippen LogP contribution in [-0.4, -0.2) is 32.7 Å². The predicted octanol–water partition coefficient (Wildman–Crippen LogP) is 8.12. The number of aromatic amines is 3. The minimum Gasteiger partial charge on any atom is -0.337 e. The molecule has 0 aliphatic carbocycles. The Kier molecular flexibility index (Phi) is 8.11. The predicted molar refractivity (Wildman–Crippen MR) is 180 cm³/mol. The Hall–Kier alpha value is -3.60. The minimum atomic E-state index is -0.943. The maximum absolute atomic E-state index is 13.5. The van der Waals surface area contributed by atoms with Crippen LogP contribution in [0.25, 0.3) is 30.6 Å². The molecule has 15 heteroatoms. The van der Waals surface area contributed by atoms with Crippen LogP contribution >= 0.6 is 70.7 Å². The Morgan fingerprint density at radius 3 is 1.33 bits per heavy atom. The Labute approximate surface area is 265 Å². The first kappa shape index (κ1) is 28.5. The lowest BCUT2D eigenvalue weighted by molar-refractivity contribution is -0.127. The second-order valence-corrected chi connectivity index (χ2v) is 14.5. The van der Waals surface area contributed by atoms with Crippen molar-refractivity contribution in [1.29, 1.82) is 0 Å². The van der Waals surface area contributed by atoms with Crippen molar-refractivity contribution in [2.75, 3.05) is 16.0 Å². The fraction of sp³-hybridized carbons (Fsp3) is 0.111. The summed E-state index contributed by atoms with van der Waals surface area (Å²) < 4.78 is 4.60. The van der Waals surface area contributed by atoms with E-state index >= 15 is 0 Å². The van der Waals surface area contributed by atoms with E-state index in [-0.39, 0.29) is 12.8 Å². The van der Waals surface area contributed by atoms with Gasteiger partial charge in [-0.1, -0.05) is 0 Å². The van der Waals surface area contributed by atoms with Gasteiger partial charge >= 0.3 is 0 Å². The van der Waals surface area contributed by atoms with Crippen molar-refractivity contribution in [3.8, 4) is 0 Å². The highest BCUT2D eigenvalue weighted by Crippen LogP contribution is 2.27. The monoisotopic (exact) mass is 668 g/mol. The molecular formula is C27H20N6O3S6. The number of carbonyl (C=O) groups excluding carboxylic acids is 3. The molecule has 3 amide bonds. The summed E-state index contributed by atoms with van der Waals surface area (Å²) in [6.45, 7) is 0. The van der Waals surface area contributed by atoms with Crippen LogP contribution in [0.3, 0.4) is 0 Å². The van der Waals surface area contributed by atoms with Crippen molar-refractivity contribution in [2.24, 2.45) is 5.92 Å². The zero-order chi connectivity index (χ0) is 29.4. The molecule has 0 aliphatic heterocycles. The lowest BCUT2D eigenvalue weighted by Gasteiger charge is -2.17. The summed E-state index contributed by atoms with van der Waals surface area (Å²) in [4.78, 5) is 48.9. The van der Waals surface area contributed by atoms with Crippen LogP contribution in [0, 0.1) is 17.8 Å². The van der Waals surface area contributed by atoms with E-state index in [0.717, 1.165) is 30.6 Å². The first-order valence-corrected chi connectivity index (χ1v) is 16.2. The highest BCUT2D eigenvalue weighted by molar-refractivity contribution is 7.74. The van der Waals surface area contributed by atoms with Gasteiger partial charge in [0.2, 0.25) is 17.7 Å². The summed E-state index contributed by atoms with van der Waals surface area (Å²) in [6, 6.07) is 16.2. The van der Waals surface area contributed by atoms with Gasteiger partial charge in [-0.25, -0.2) is 0 Å². The summed E-state index contributed by atoms with van der Waals surface area (Å²) in [5, 5.41) is 8.56. The third-order valence-corrected chi connectivity index (χ3v) is 9.92. The third kappa shape index (κ3) is 6.56. The van der Waals surface area contributed by atoms with Crippen LogP contribution < -0.4 is 16.0 Å². The fourth-order valence-electron chi connectivity index (χ4n) is 4.44. The smallest absolute Gasteiger partial charge is 0.228 e. The molecule has 9 nitrogen and oxygen atoms in total. The number of anilines is 3. The molecule has 6 N–H and O–H groups in total. The maximum Gasteiger partial charge on any atom is 0.228 e. The van der Waals surface area contributed by atoms with Crippen molar-refractivity contribution in [2.45, 2.75) is 12.8 Å². The molecular weight excluding hydrogens is 649 g/mol. The number of amides is 3. The van der Waals surface area contributed by atoms with Crippen molar-refractivity contribution >= 4 is 136 Å². The van der Waals surface area contributed by atoms with E-state index in [1.54, 1.807) is 18.2 Å². The van der Waals surface area contributed by atoms with Gasteiger partial charge in [-0.2, -0.15) is 0 Å². The second-order valence-electron chi connectivity index (χ2n) is 9.37. The topological polar surface area (TPSA) is 135 Å². The number of H-pyrrole nitrogens is 3. The van der Waals surface area contributed by atoms with Crippen molar-refractivity contribution < 1.29 is 14.4 Å². The average Bonchev–Trinajstić information content (AvgIpc) is 3.60. The summed E-state index contributed by atoms with van der Waals surface area (Å²) >= 11 is 19.8. The van der Waals surface area contributed by atoms with Gasteiger partial charge in [0, 0.05) is 29.9 Å². The number of nitrogens with one attached hydrogen (secondary N) is 6. The number of hydrogen-bond donors (Lipinski definition) is 6. The van der Waals surface area contributed by atoms with Gasteiger partial charge in [0.25, 0.3) is 0 Å². The molecule has 0 saturated carbocycles. The lowest BCUT2D eigenvalue weighted by Crippen LogP contribution is -2.31. The molecule has 0 radical (unpaired) electrons. The van der Waals surface area contributed by atoms with E-state index in [1.807, 2.05) is 36.4 Å². The average molecular weight is 669 g/mol. The zero-order valence-corrected chi connectivity index (χ0v) is 26.3. The van der Waals surface area contributed by atoms with Crippen LogP contribution in [0.1, 0.15) is 12.8 Å². The molecule has 0 unspecified atom stereocenters. The SMILES string of the molecule is O=C(CC(CC(=O)Nc1ccc2[nH]c(=S)sc2c1)C(=O)Nc1ccc2[nH]c(=S)sc2c1)Nc1ccc2[nH]c(=S)sc2c1. The van der Waals surface area contributed by atoms with Gasteiger partial charge in [0.15, 0.2) is 11.9 Å². The highest BCUT2D eigenvalue weighted by Gasteiger charge is 2.26. The summed E-state index contributed by atoms with van der Waals surface area (Å²) in [5.74, 6) is -2.18. The van der Waals surface area contributed by atoms with E-state index in [2.05, 4.69) is 30.9 Å². The van der Waals surface area contributed by atoms with Crippen molar-refractivity contribution in [1.82, 2.24) is 15.0 Å². The van der Waals surface area contributed by atoms with Crippen LogP contribution in [0.15, 0.2) is 54.6 Å². The van der Waals surface area contributed by atoms with E-state index in [0.29, 0.717) is 28.9 Å². The van der Waals surface area contributed by atoms with E-state index < -0.39 is 23.6 Å². The Balaban J connectivity index is 1.20. The van der Waals surface area contributed by atoms with Gasteiger partial charge in [-0.05, 0) is 91.3 Å². The Morgan fingerprint density at radius 1 is 0.595 bits per heavy atom. The maximum atomic E-state index is 13.5. The first-order valence-electron chi connectivity index (χ1n) is 12.5. The normalized spacial score (nSPS) is 11.4. The molecule has 0 aliphatic rings. The summed E-state index contributed by atoms with van der Waals surface area (Å²) in [6.07, 6.45) is -0.409. The van der Waals surface area contributed by atoms with Crippen LogP contribution in [0.4, 0.5) is 17.1 Å². The summed E-state index contributed by atoms with van der Waals surface area (Å²) in [5.41, 5.74) is 4.31. The van der Waals surface area contributed by atoms with Gasteiger partial charge in [0.1, 0.15) is 0 Å². The summed E-state index contributed by atoms with van der Waals surface area (Å²) in [7, 11) is 0. The van der Waals surface area contributed by atoms with Gasteiger partial charge < -0.3 is 30.9 Å². The van der Waals surface area contributed by atoms with Crippen LogP contribution in [-0.2, 0) is 14.4 Å². The molecule has 3 aromatic carbocycles. The standard InChI is InChI=1S/C27H20N6O3S6/c34-22(28-13-1-4-16-19(9-13)40-25(37)31-16)7-12(24(36)30-15-3-6-18-21(11-15)42-27(39)33-18)8-23(35)29-14-2-5-17-20(10-14)41-26(38)32-17/h1-6,9-12H,7-8H2,(H,28,34)(H,29,35)(H,30,36)(H,31,37)(H,32,38)(H,33,39). The van der Waals surface area contributed by atoms with Crippen molar-refractivity contribution in [3.05, 3.63) is 66.5 Å². The molecule has 0 saturated heterocycles. The van der Waals surface area contributed by atoms with E-state index in [1.165, 1.54) is 34.0 Å². The van der Waals surface area contributed by atoms with Gasteiger partial charge in [0.05, 0.1) is 36.6 Å². The number of fused-ring (bicyclic) bond motifs is 3. The third-order valence-electron chi connectivity index (χ3n) is 6.33. The minimum absolute atomic E-state index is 0.205. The number of aromatic nitrogens is 3. The largest absolute Gasteiger partial charge is 0.337 e. The van der Waals surface area contributed by atoms with Crippen molar-refractivity contribution in [3.63, 3.8) is 0 Å². The van der Waals surface area contributed by atoms with Crippen LogP contribution in [0.2, 0.25) is 0 Å². The second kappa shape index (κ2) is 11.9. The molecule has 0 spiro atoms. The molecule has 6 rings (SSSR count). The Bertz CT molecular complexity index is 2080. The quantitative estimate of drug-likeness (QED) is 0.0908. The molecule has 42 heavy (non-hydrogen) atoms. The molecule has 212 valence electrons. The fourth-order valence-corrected chi connectivity index (χ4v) is 7.91. The molecule has 3 heterocycles. The number of thiazole rings is 3. The Morgan fingerprint density at radius 2 is 0.952 bits per heavy atom. The highest BCUT2D eigenvalue weighted by atomic mass is 32.2. The van der Waals surface area contributed by atoms with E-state index in [4.69, 9.17) is 36.7 Å². The number of hydrogen-bond acceptors (Lipinski definition) is 9. The zero-order valence-electron chi connectivity index (χ0n) is 21.4. The molecule has 6 aromatic rings. The number of rotatable bonds is 8. The lowest BCUT2D eigenvalue weighted by atomic mass is 9.98. The molecule has 0 atom stereocenters. The molecule has 3 aromatic heterocycles. The van der Waals surface area contributed by atoms with E-state index in [9.17, 15) is 14.4 Å². The number of carbonyl (C=O) groups is 3. The molecule has 0 fully saturated rings. The van der Waals surface area contributed by atoms with Gasteiger partial charge in [-0.15, -0.1) is 34.0 Å². The van der Waals surface area contributed by atoms with Crippen LogP contribution in [0.5, 0.6) is 0 Å².